The standard InChI is InChI=1S/C29H38N6O2/c1-21(2)31-28(36)20-37-25-11-6-10-23(18-25)26-19-27(32-24-12-14-30-15-13-24)34-29(33-26)35-16-5-4-8-22(3)9-7-17-35/h6,10-15,18-19,21-22H,4-5,7-9,16-17,20H2,1-3H3,(H,31,36)(H,30,32,33,34). The summed E-state index contributed by atoms with van der Waals surface area (Å²) in [5, 5.41) is 6.26. The molecule has 1 aliphatic heterocycles. The van der Waals surface area contributed by atoms with Gasteiger partial charge < -0.3 is 20.3 Å². The quantitative estimate of drug-likeness (QED) is 0.415. The van der Waals surface area contributed by atoms with E-state index in [0.29, 0.717) is 5.75 Å². The second kappa shape index (κ2) is 13.0. The Morgan fingerprint density at radius 1 is 1.05 bits per heavy atom. The summed E-state index contributed by atoms with van der Waals surface area (Å²) in [7, 11) is 0. The van der Waals surface area contributed by atoms with Crippen LogP contribution in [0.3, 0.4) is 0 Å². The number of anilines is 3. The van der Waals surface area contributed by atoms with Gasteiger partial charge in [0.15, 0.2) is 6.61 Å². The van der Waals surface area contributed by atoms with Gasteiger partial charge in [-0.25, -0.2) is 4.98 Å². The maximum absolute atomic E-state index is 12.0. The van der Waals surface area contributed by atoms with E-state index < -0.39 is 0 Å². The fourth-order valence-corrected chi connectivity index (χ4v) is 4.51. The van der Waals surface area contributed by atoms with Gasteiger partial charge in [0.1, 0.15) is 11.6 Å². The Kier molecular flexibility index (Phi) is 9.29. The van der Waals surface area contributed by atoms with Gasteiger partial charge in [-0.05, 0) is 63.3 Å². The van der Waals surface area contributed by atoms with E-state index in [-0.39, 0.29) is 18.6 Å². The Bertz CT molecular complexity index is 1150. The maximum Gasteiger partial charge on any atom is 0.258 e. The molecule has 1 amide bonds. The van der Waals surface area contributed by atoms with Gasteiger partial charge in [0.2, 0.25) is 5.95 Å². The van der Waals surface area contributed by atoms with E-state index in [4.69, 9.17) is 14.7 Å². The van der Waals surface area contributed by atoms with Crippen LogP contribution in [0.1, 0.15) is 52.9 Å². The highest BCUT2D eigenvalue weighted by Crippen LogP contribution is 2.28. The zero-order chi connectivity index (χ0) is 26.0. The van der Waals surface area contributed by atoms with E-state index in [1.165, 1.54) is 19.3 Å². The van der Waals surface area contributed by atoms with Gasteiger partial charge in [-0.15, -0.1) is 0 Å². The first-order valence-corrected chi connectivity index (χ1v) is 13.3. The Morgan fingerprint density at radius 2 is 1.84 bits per heavy atom. The molecule has 196 valence electrons. The zero-order valence-electron chi connectivity index (χ0n) is 22.1. The second-order valence-corrected chi connectivity index (χ2v) is 10.1. The van der Waals surface area contributed by atoms with Crippen molar-refractivity contribution in [1.82, 2.24) is 20.3 Å². The molecular formula is C29H38N6O2. The number of carbonyl (C=O) groups excluding carboxylic acids is 1. The lowest BCUT2D eigenvalue weighted by molar-refractivity contribution is -0.123. The summed E-state index contributed by atoms with van der Waals surface area (Å²) in [6.45, 7) is 8.06. The van der Waals surface area contributed by atoms with E-state index >= 15 is 0 Å². The molecule has 0 spiro atoms. The van der Waals surface area contributed by atoms with Gasteiger partial charge in [0.25, 0.3) is 5.91 Å². The number of nitrogens with zero attached hydrogens (tertiary/aromatic N) is 4. The summed E-state index contributed by atoms with van der Waals surface area (Å²) in [6.07, 6.45) is 9.50. The number of pyridine rings is 1. The van der Waals surface area contributed by atoms with Crippen LogP contribution >= 0.6 is 0 Å². The van der Waals surface area contributed by atoms with Gasteiger partial charge in [-0.1, -0.05) is 31.9 Å². The first kappa shape index (κ1) is 26.4. The molecule has 0 aliphatic carbocycles. The molecule has 37 heavy (non-hydrogen) atoms. The first-order chi connectivity index (χ1) is 18.0. The topological polar surface area (TPSA) is 92.3 Å². The Morgan fingerprint density at radius 3 is 2.65 bits per heavy atom. The molecule has 1 aromatic carbocycles. The van der Waals surface area contributed by atoms with Crippen LogP contribution in [0.15, 0.2) is 54.9 Å². The number of amides is 1. The fourth-order valence-electron chi connectivity index (χ4n) is 4.51. The van der Waals surface area contributed by atoms with Crippen molar-refractivity contribution in [2.45, 2.75) is 58.9 Å². The van der Waals surface area contributed by atoms with Crippen LogP contribution in [0.4, 0.5) is 17.5 Å². The van der Waals surface area contributed by atoms with Gasteiger partial charge in [0, 0.05) is 48.8 Å². The Hall–Kier alpha value is -3.68. The largest absolute Gasteiger partial charge is 0.484 e. The van der Waals surface area contributed by atoms with Crippen molar-refractivity contribution < 1.29 is 9.53 Å². The number of benzene rings is 1. The van der Waals surface area contributed by atoms with Crippen LogP contribution < -0.4 is 20.3 Å². The molecule has 3 heterocycles. The Labute approximate surface area is 219 Å². The van der Waals surface area contributed by atoms with Gasteiger partial charge in [0.05, 0.1) is 5.69 Å². The van der Waals surface area contributed by atoms with E-state index in [1.54, 1.807) is 12.4 Å². The molecule has 0 saturated carbocycles. The van der Waals surface area contributed by atoms with Crippen molar-refractivity contribution in [2.75, 3.05) is 29.9 Å². The second-order valence-electron chi connectivity index (χ2n) is 10.1. The number of hydrogen-bond acceptors (Lipinski definition) is 7. The minimum absolute atomic E-state index is 0.0301. The Balaban J connectivity index is 1.61. The minimum atomic E-state index is -0.143. The van der Waals surface area contributed by atoms with Crippen molar-refractivity contribution in [2.24, 2.45) is 5.92 Å². The van der Waals surface area contributed by atoms with E-state index in [1.807, 2.05) is 56.3 Å². The van der Waals surface area contributed by atoms with Crippen molar-refractivity contribution in [3.63, 3.8) is 0 Å². The third kappa shape index (κ3) is 8.17. The fraction of sp³-hybridized carbons (Fsp3) is 0.448. The number of hydrogen-bond donors (Lipinski definition) is 2. The summed E-state index contributed by atoms with van der Waals surface area (Å²) in [5.74, 6) is 2.70. The van der Waals surface area contributed by atoms with Crippen molar-refractivity contribution in [1.29, 1.82) is 0 Å². The summed E-state index contributed by atoms with van der Waals surface area (Å²) >= 11 is 0. The number of aromatic nitrogens is 3. The van der Waals surface area contributed by atoms with Crippen LogP contribution in [0.2, 0.25) is 0 Å². The number of nitrogens with one attached hydrogen (secondary N) is 2. The zero-order valence-corrected chi connectivity index (χ0v) is 22.1. The van der Waals surface area contributed by atoms with E-state index in [0.717, 1.165) is 60.6 Å². The summed E-state index contributed by atoms with van der Waals surface area (Å²) in [5.41, 5.74) is 2.62. The minimum Gasteiger partial charge on any atom is -0.484 e. The average Bonchev–Trinajstić information content (AvgIpc) is 2.99. The molecule has 0 radical (unpaired) electrons. The van der Waals surface area contributed by atoms with Crippen molar-refractivity contribution in [3.8, 4) is 17.0 Å². The number of rotatable bonds is 8. The smallest absolute Gasteiger partial charge is 0.258 e. The predicted octanol–water partition coefficient (Wildman–Crippen LogP) is 5.59. The molecule has 3 aromatic rings. The molecule has 1 saturated heterocycles. The SMILES string of the molecule is CC1CCCCN(c2nc(Nc3ccncc3)cc(-c3cccc(OCC(=O)NC(C)C)c3)n2)CCC1. The lowest BCUT2D eigenvalue weighted by atomic mass is 10.00. The molecule has 8 nitrogen and oxygen atoms in total. The molecule has 1 unspecified atom stereocenters. The highest BCUT2D eigenvalue weighted by Gasteiger charge is 2.17. The third-order valence-electron chi connectivity index (χ3n) is 6.40. The highest BCUT2D eigenvalue weighted by atomic mass is 16.5. The van der Waals surface area contributed by atoms with Crippen LogP contribution in [-0.4, -0.2) is 46.6 Å². The molecule has 2 aromatic heterocycles. The van der Waals surface area contributed by atoms with Crippen LogP contribution in [-0.2, 0) is 4.79 Å². The molecular weight excluding hydrogens is 464 g/mol. The molecule has 1 fully saturated rings. The summed E-state index contributed by atoms with van der Waals surface area (Å²) in [4.78, 5) is 28.4. The van der Waals surface area contributed by atoms with Gasteiger partial charge in [-0.3, -0.25) is 9.78 Å². The van der Waals surface area contributed by atoms with Crippen LogP contribution in [0.25, 0.3) is 11.3 Å². The van der Waals surface area contributed by atoms with E-state index in [2.05, 4.69) is 27.4 Å². The summed E-state index contributed by atoms with van der Waals surface area (Å²) < 4.78 is 5.77. The van der Waals surface area contributed by atoms with Crippen LogP contribution in [0.5, 0.6) is 5.75 Å². The normalized spacial score (nSPS) is 16.4. The average molecular weight is 503 g/mol. The maximum atomic E-state index is 12.0. The third-order valence-corrected chi connectivity index (χ3v) is 6.40. The van der Waals surface area contributed by atoms with Crippen LogP contribution in [0, 0.1) is 5.92 Å². The number of carbonyl (C=O) groups is 1. The van der Waals surface area contributed by atoms with Gasteiger partial charge in [-0.2, -0.15) is 4.98 Å². The van der Waals surface area contributed by atoms with Crippen molar-refractivity contribution >= 4 is 23.4 Å². The molecule has 0 bridgehead atoms. The van der Waals surface area contributed by atoms with E-state index in [9.17, 15) is 4.79 Å². The van der Waals surface area contributed by atoms with Gasteiger partial charge >= 0.3 is 0 Å². The number of ether oxygens (including phenoxy) is 1. The molecule has 4 rings (SSSR count). The summed E-state index contributed by atoms with van der Waals surface area (Å²) in [6, 6.07) is 13.6. The predicted molar refractivity (Wildman–Crippen MR) is 148 cm³/mol. The molecule has 2 N–H and O–H groups in total. The van der Waals surface area contributed by atoms with Crippen molar-refractivity contribution in [3.05, 3.63) is 54.9 Å². The monoisotopic (exact) mass is 502 g/mol. The molecule has 8 heteroatoms. The molecule has 1 atom stereocenters. The lowest BCUT2D eigenvalue weighted by Gasteiger charge is -2.23. The highest BCUT2D eigenvalue weighted by molar-refractivity contribution is 5.78. The first-order valence-electron chi connectivity index (χ1n) is 13.3. The lowest BCUT2D eigenvalue weighted by Crippen LogP contribution is -2.34. The molecule has 1 aliphatic rings.